The van der Waals surface area contributed by atoms with Crippen LogP contribution in [0.3, 0.4) is 0 Å². The summed E-state index contributed by atoms with van der Waals surface area (Å²) in [6.45, 7) is 6.49. The number of aliphatic imine (C=N–C) groups is 1. The minimum Gasteiger partial charge on any atom is -0.475 e. The van der Waals surface area contributed by atoms with Crippen LogP contribution >= 0.6 is 0 Å². The van der Waals surface area contributed by atoms with Crippen molar-refractivity contribution in [2.75, 3.05) is 12.4 Å². The second-order valence-corrected chi connectivity index (χ2v) is 7.64. The van der Waals surface area contributed by atoms with Crippen LogP contribution in [0.1, 0.15) is 26.3 Å². The van der Waals surface area contributed by atoms with E-state index in [1.807, 2.05) is 51.1 Å². The lowest BCUT2D eigenvalue weighted by atomic mass is 10.2. The van der Waals surface area contributed by atoms with Gasteiger partial charge in [-0.25, -0.2) is 4.99 Å². The Labute approximate surface area is 111 Å². The van der Waals surface area contributed by atoms with E-state index in [4.69, 9.17) is 4.74 Å². The number of nitrogens with zero attached hydrogens (tertiary/aromatic N) is 1. The third-order valence-corrected chi connectivity index (χ3v) is 4.81. The summed E-state index contributed by atoms with van der Waals surface area (Å²) in [7, 11) is -0.886. The molecule has 2 rings (SSSR count). The van der Waals surface area contributed by atoms with E-state index in [2.05, 4.69) is 4.99 Å². The highest BCUT2D eigenvalue weighted by Crippen LogP contribution is 2.17. The molecule has 0 amide bonds. The minimum atomic E-state index is -0.886. The van der Waals surface area contributed by atoms with Gasteiger partial charge in [0.1, 0.15) is 6.61 Å². The maximum Gasteiger partial charge on any atom is 0.216 e. The summed E-state index contributed by atoms with van der Waals surface area (Å²) in [5.41, 5.74) is 0.988. The van der Waals surface area contributed by atoms with E-state index in [0.717, 1.165) is 5.56 Å². The van der Waals surface area contributed by atoms with Crippen molar-refractivity contribution in [2.24, 2.45) is 4.99 Å². The van der Waals surface area contributed by atoms with Gasteiger partial charge in [0.15, 0.2) is 0 Å². The Morgan fingerprint density at radius 2 is 2.00 bits per heavy atom. The highest BCUT2D eigenvalue weighted by Gasteiger charge is 2.27. The SMILES string of the molecule is CC(C)(C)S(=O)C[C@H]1COC(c2ccccc2)=N1. The zero-order valence-electron chi connectivity index (χ0n) is 11.1. The molecule has 2 atom stereocenters. The largest absolute Gasteiger partial charge is 0.475 e. The number of ether oxygens (including phenoxy) is 1. The van der Waals surface area contributed by atoms with Gasteiger partial charge in [0.2, 0.25) is 5.90 Å². The van der Waals surface area contributed by atoms with Crippen LogP contribution < -0.4 is 0 Å². The molecule has 18 heavy (non-hydrogen) atoms. The van der Waals surface area contributed by atoms with Crippen LogP contribution in [0.25, 0.3) is 0 Å². The first-order valence-corrected chi connectivity index (χ1v) is 7.43. The third kappa shape index (κ3) is 3.19. The molecule has 0 saturated heterocycles. The quantitative estimate of drug-likeness (QED) is 0.841. The summed E-state index contributed by atoms with van der Waals surface area (Å²) in [6.07, 6.45) is 0. The van der Waals surface area contributed by atoms with Crippen LogP contribution in [0.15, 0.2) is 35.3 Å². The summed E-state index contributed by atoms with van der Waals surface area (Å²) in [5, 5.41) is 0. The molecule has 0 N–H and O–H groups in total. The Morgan fingerprint density at radius 1 is 1.33 bits per heavy atom. The average Bonchev–Trinajstić information content (AvgIpc) is 2.77. The zero-order valence-corrected chi connectivity index (χ0v) is 11.9. The molecule has 0 spiro atoms. The highest BCUT2D eigenvalue weighted by atomic mass is 32.2. The van der Waals surface area contributed by atoms with Crippen LogP contribution in [-0.2, 0) is 15.5 Å². The first-order chi connectivity index (χ1) is 8.47. The highest BCUT2D eigenvalue weighted by molar-refractivity contribution is 7.86. The fourth-order valence-corrected chi connectivity index (χ4v) is 2.68. The molecule has 1 aliphatic rings. The van der Waals surface area contributed by atoms with E-state index in [-0.39, 0.29) is 10.8 Å². The van der Waals surface area contributed by atoms with Crippen molar-refractivity contribution in [3.8, 4) is 0 Å². The van der Waals surface area contributed by atoms with Crippen molar-refractivity contribution in [3.63, 3.8) is 0 Å². The normalized spacial score (nSPS) is 21.3. The van der Waals surface area contributed by atoms with Gasteiger partial charge in [0, 0.05) is 26.9 Å². The van der Waals surface area contributed by atoms with Gasteiger partial charge in [-0.05, 0) is 32.9 Å². The maximum absolute atomic E-state index is 12.1. The van der Waals surface area contributed by atoms with Crippen molar-refractivity contribution in [1.29, 1.82) is 0 Å². The number of hydrogen-bond donors (Lipinski definition) is 0. The third-order valence-electron chi connectivity index (χ3n) is 2.76. The van der Waals surface area contributed by atoms with Crippen LogP contribution in [-0.4, -0.2) is 33.3 Å². The number of rotatable bonds is 3. The molecule has 1 unspecified atom stereocenters. The Morgan fingerprint density at radius 3 is 2.61 bits per heavy atom. The Balaban J connectivity index is 2.03. The van der Waals surface area contributed by atoms with Crippen molar-refractivity contribution in [1.82, 2.24) is 0 Å². The lowest BCUT2D eigenvalue weighted by Crippen LogP contribution is -2.29. The maximum atomic E-state index is 12.1. The van der Waals surface area contributed by atoms with Crippen LogP contribution in [0.2, 0.25) is 0 Å². The van der Waals surface area contributed by atoms with E-state index in [9.17, 15) is 4.21 Å². The Hall–Kier alpha value is -1.16. The lowest BCUT2D eigenvalue weighted by Gasteiger charge is -2.18. The van der Waals surface area contributed by atoms with E-state index in [1.54, 1.807) is 0 Å². The molecular weight excluding hydrogens is 246 g/mol. The predicted octanol–water partition coefficient (Wildman–Crippen LogP) is 2.38. The average molecular weight is 265 g/mol. The van der Waals surface area contributed by atoms with Crippen molar-refractivity contribution >= 4 is 16.7 Å². The predicted molar refractivity (Wildman–Crippen MR) is 75.5 cm³/mol. The second kappa shape index (κ2) is 5.22. The second-order valence-electron chi connectivity index (χ2n) is 5.39. The van der Waals surface area contributed by atoms with Crippen LogP contribution in [0.4, 0.5) is 0 Å². The van der Waals surface area contributed by atoms with E-state index in [0.29, 0.717) is 18.3 Å². The van der Waals surface area contributed by atoms with Crippen molar-refractivity contribution < 1.29 is 8.95 Å². The molecule has 0 saturated carbocycles. The van der Waals surface area contributed by atoms with Gasteiger partial charge < -0.3 is 4.74 Å². The molecular formula is C14H19NO2S. The summed E-state index contributed by atoms with van der Waals surface area (Å²) in [6, 6.07) is 9.85. The molecule has 0 radical (unpaired) electrons. The summed E-state index contributed by atoms with van der Waals surface area (Å²) >= 11 is 0. The van der Waals surface area contributed by atoms with Gasteiger partial charge in [-0.1, -0.05) is 18.2 Å². The number of hydrogen-bond acceptors (Lipinski definition) is 3. The first kappa shape index (κ1) is 13.3. The molecule has 0 fully saturated rings. The molecule has 0 aliphatic carbocycles. The fourth-order valence-electron chi connectivity index (χ4n) is 1.66. The molecule has 3 nitrogen and oxygen atoms in total. The van der Waals surface area contributed by atoms with Crippen LogP contribution in [0, 0.1) is 0 Å². The molecule has 1 aliphatic heterocycles. The van der Waals surface area contributed by atoms with E-state index in [1.165, 1.54) is 0 Å². The standard InChI is InChI=1S/C14H19NO2S/c1-14(2,3)18(16)10-12-9-17-13(15-12)11-7-5-4-6-8-11/h4-8,12H,9-10H2,1-3H3/t12-,18?/m1/s1. The van der Waals surface area contributed by atoms with E-state index < -0.39 is 10.8 Å². The first-order valence-electron chi connectivity index (χ1n) is 6.11. The Kier molecular flexibility index (Phi) is 3.85. The summed E-state index contributed by atoms with van der Waals surface area (Å²) in [4.78, 5) is 4.51. The smallest absolute Gasteiger partial charge is 0.216 e. The molecule has 98 valence electrons. The topological polar surface area (TPSA) is 38.7 Å². The van der Waals surface area contributed by atoms with Gasteiger partial charge in [0.05, 0.1) is 6.04 Å². The van der Waals surface area contributed by atoms with Gasteiger partial charge in [-0.3, -0.25) is 4.21 Å². The van der Waals surface area contributed by atoms with Gasteiger partial charge in [0.25, 0.3) is 0 Å². The van der Waals surface area contributed by atoms with E-state index >= 15 is 0 Å². The van der Waals surface area contributed by atoms with Crippen molar-refractivity contribution in [2.45, 2.75) is 31.6 Å². The molecule has 1 aromatic carbocycles. The van der Waals surface area contributed by atoms with Crippen molar-refractivity contribution in [3.05, 3.63) is 35.9 Å². The molecule has 1 aromatic rings. The van der Waals surface area contributed by atoms with Gasteiger partial charge in [-0.2, -0.15) is 0 Å². The number of benzene rings is 1. The molecule has 0 bridgehead atoms. The van der Waals surface area contributed by atoms with Crippen LogP contribution in [0.5, 0.6) is 0 Å². The summed E-state index contributed by atoms with van der Waals surface area (Å²) in [5.74, 6) is 1.24. The fraction of sp³-hybridized carbons (Fsp3) is 0.500. The molecule has 4 heteroatoms. The monoisotopic (exact) mass is 265 g/mol. The zero-order chi connectivity index (χ0) is 13.2. The Bertz CT molecular complexity index is 462. The summed E-state index contributed by atoms with van der Waals surface area (Å²) < 4.78 is 17.4. The molecule has 0 aromatic heterocycles. The van der Waals surface area contributed by atoms with Gasteiger partial charge >= 0.3 is 0 Å². The van der Waals surface area contributed by atoms with Gasteiger partial charge in [-0.15, -0.1) is 0 Å². The lowest BCUT2D eigenvalue weighted by molar-refractivity contribution is 0.325. The minimum absolute atomic E-state index is 0.0141. The molecule has 1 heterocycles.